The lowest BCUT2D eigenvalue weighted by Gasteiger charge is -2.44. The Labute approximate surface area is 246 Å². The number of hydrogen-bond acceptors (Lipinski definition) is 11. The first kappa shape index (κ1) is 29.8. The van der Waals surface area contributed by atoms with Gasteiger partial charge in [0.15, 0.2) is 17.6 Å². The smallest absolute Gasteiger partial charge is 0.310 e. The lowest BCUT2D eigenvalue weighted by molar-refractivity contribution is -0.265. The number of benzene rings is 2. The largest absolute Gasteiger partial charge is 0.508 e. The van der Waals surface area contributed by atoms with Crippen LogP contribution in [0, 0.1) is 24.7 Å². The van der Waals surface area contributed by atoms with Crippen molar-refractivity contribution < 1.29 is 57.7 Å². The molecule has 0 radical (unpaired) electrons. The van der Waals surface area contributed by atoms with Gasteiger partial charge in [-0.2, -0.15) is 0 Å². The van der Waals surface area contributed by atoms with E-state index < -0.39 is 79.2 Å². The molecule has 3 aliphatic heterocycles. The second-order valence-electron chi connectivity index (χ2n) is 11.7. The van der Waals surface area contributed by atoms with Crippen molar-refractivity contribution in [3.8, 4) is 23.0 Å². The topological polar surface area (TPSA) is 156 Å². The van der Waals surface area contributed by atoms with E-state index in [4.69, 9.17) is 23.7 Å². The van der Waals surface area contributed by atoms with Crippen LogP contribution in [0.15, 0.2) is 24.3 Å². The molecule has 0 saturated carbocycles. The molecule has 5 N–H and O–H groups in total. The predicted octanol–water partition coefficient (Wildman–Crippen LogP) is 1.76. The van der Waals surface area contributed by atoms with Gasteiger partial charge in [0.05, 0.1) is 45.0 Å². The van der Waals surface area contributed by atoms with E-state index in [0.29, 0.717) is 39.5 Å². The number of nitrogens with one attached hydrogen (secondary N) is 1. The Morgan fingerprint density at radius 1 is 1.07 bits per heavy atom. The molecule has 2 saturated heterocycles. The van der Waals surface area contributed by atoms with Crippen LogP contribution in [-0.2, 0) is 14.3 Å². The van der Waals surface area contributed by atoms with Gasteiger partial charge in [-0.1, -0.05) is 6.92 Å². The van der Waals surface area contributed by atoms with Crippen molar-refractivity contribution in [3.05, 3.63) is 46.5 Å². The molecule has 9 atom stereocenters. The highest BCUT2D eigenvalue weighted by molar-refractivity contribution is 5.79. The molecule has 6 rings (SSSR count). The van der Waals surface area contributed by atoms with Crippen molar-refractivity contribution in [1.29, 1.82) is 0 Å². The standard InChI is InChI=1S/C30H35F2NO10/c1-12-18(35)4-14(5-19(12)39-3)23-15-6-20-21(42-11-41-20)7-16(15)25(17-9-40-29(38)24(17)23)33-10-30(31,32)28-27(37)26(36)13(2)22(8-34)43-28/h4-7,13,17,22-28,33-37H,8-11H2,1-3H3. The van der Waals surface area contributed by atoms with Gasteiger partial charge in [-0.15, -0.1) is 0 Å². The molecule has 2 fully saturated rings. The number of carbonyl (C=O) groups excluding carboxylic acids is 1. The number of aromatic hydroxyl groups is 1. The first-order chi connectivity index (χ1) is 20.5. The molecule has 9 unspecified atom stereocenters. The number of alkyl halides is 2. The average Bonchev–Trinajstić information content (AvgIpc) is 3.60. The van der Waals surface area contributed by atoms with Crippen LogP contribution >= 0.6 is 0 Å². The Kier molecular flexibility index (Phi) is 7.66. The number of rotatable bonds is 7. The van der Waals surface area contributed by atoms with E-state index in [2.05, 4.69) is 5.32 Å². The summed E-state index contributed by atoms with van der Waals surface area (Å²) >= 11 is 0. The Morgan fingerprint density at radius 3 is 2.44 bits per heavy atom. The highest BCUT2D eigenvalue weighted by Crippen LogP contribution is 2.55. The van der Waals surface area contributed by atoms with Crippen LogP contribution in [0.3, 0.4) is 0 Å². The van der Waals surface area contributed by atoms with Crippen molar-refractivity contribution in [3.63, 3.8) is 0 Å². The lowest BCUT2D eigenvalue weighted by Crippen LogP contribution is -2.62. The number of aliphatic hydroxyl groups excluding tert-OH is 3. The van der Waals surface area contributed by atoms with Gasteiger partial charge >= 0.3 is 5.97 Å². The normalized spacial score (nSPS) is 33.1. The summed E-state index contributed by atoms with van der Waals surface area (Å²) in [4.78, 5) is 13.3. The molecule has 2 aromatic rings. The van der Waals surface area contributed by atoms with Crippen LogP contribution in [0.25, 0.3) is 0 Å². The second-order valence-corrected chi connectivity index (χ2v) is 11.7. The van der Waals surface area contributed by atoms with Crippen LogP contribution in [0.5, 0.6) is 23.0 Å². The fourth-order valence-corrected chi connectivity index (χ4v) is 6.92. The van der Waals surface area contributed by atoms with Crippen molar-refractivity contribution in [2.75, 3.05) is 33.7 Å². The zero-order valence-electron chi connectivity index (χ0n) is 23.8. The molecule has 0 spiro atoms. The number of cyclic esters (lactones) is 1. The molecule has 2 aromatic carbocycles. The number of phenols is 1. The quantitative estimate of drug-likeness (QED) is 0.292. The van der Waals surface area contributed by atoms with Crippen molar-refractivity contribution in [2.45, 2.75) is 56.1 Å². The van der Waals surface area contributed by atoms with Gasteiger partial charge in [-0.05, 0) is 47.9 Å². The number of fused-ring (bicyclic) bond motifs is 3. The molecule has 43 heavy (non-hydrogen) atoms. The Hall–Kier alpha value is -3.23. The summed E-state index contributed by atoms with van der Waals surface area (Å²) in [7, 11) is 1.47. The van der Waals surface area contributed by atoms with E-state index in [1.807, 2.05) is 0 Å². The number of hydrogen-bond donors (Lipinski definition) is 5. The molecular weight excluding hydrogens is 572 g/mol. The first-order valence-corrected chi connectivity index (χ1v) is 14.2. The van der Waals surface area contributed by atoms with Crippen LogP contribution in [0.4, 0.5) is 8.78 Å². The van der Waals surface area contributed by atoms with E-state index in [9.17, 15) is 25.2 Å². The van der Waals surface area contributed by atoms with Crippen molar-refractivity contribution in [1.82, 2.24) is 5.32 Å². The predicted molar refractivity (Wildman–Crippen MR) is 144 cm³/mol. The minimum atomic E-state index is -3.68. The number of ether oxygens (including phenoxy) is 5. The maximum Gasteiger partial charge on any atom is 0.310 e. The molecule has 0 bridgehead atoms. The van der Waals surface area contributed by atoms with Gasteiger partial charge in [-0.3, -0.25) is 4.79 Å². The summed E-state index contributed by atoms with van der Waals surface area (Å²) < 4.78 is 59.0. The Bertz CT molecular complexity index is 1400. The highest BCUT2D eigenvalue weighted by Gasteiger charge is 2.56. The molecular formula is C30H35F2NO10. The molecule has 3 heterocycles. The SMILES string of the molecule is COc1cc(C2c3cc4c(cc3C(NCC(F)(F)C3OC(CO)C(C)C(O)C3O)C3COC(=O)C23)OCO4)cc(O)c1C. The van der Waals surface area contributed by atoms with Crippen molar-refractivity contribution >= 4 is 5.97 Å². The summed E-state index contributed by atoms with van der Waals surface area (Å²) in [5.74, 6) is -5.74. The molecule has 4 aliphatic rings. The number of esters is 1. The van der Waals surface area contributed by atoms with Gasteiger partial charge < -0.3 is 49.4 Å². The molecule has 0 amide bonds. The zero-order chi connectivity index (χ0) is 30.8. The fourth-order valence-electron chi connectivity index (χ4n) is 6.92. The minimum Gasteiger partial charge on any atom is -0.508 e. The molecule has 234 valence electrons. The number of methoxy groups -OCH3 is 1. The maximum atomic E-state index is 15.7. The zero-order valence-corrected chi connectivity index (χ0v) is 23.8. The van der Waals surface area contributed by atoms with E-state index in [1.54, 1.807) is 31.2 Å². The van der Waals surface area contributed by atoms with Crippen molar-refractivity contribution in [2.24, 2.45) is 17.8 Å². The number of aliphatic hydroxyl groups is 3. The fraction of sp³-hybridized carbons (Fsp3) is 0.567. The van der Waals surface area contributed by atoms with Crippen LogP contribution in [0.1, 0.15) is 41.1 Å². The lowest BCUT2D eigenvalue weighted by atomic mass is 9.65. The third-order valence-electron chi connectivity index (χ3n) is 9.38. The van der Waals surface area contributed by atoms with Gasteiger partial charge in [0.1, 0.15) is 17.6 Å². The average molecular weight is 608 g/mol. The second kappa shape index (κ2) is 11.0. The van der Waals surface area contributed by atoms with Gasteiger partial charge in [0.2, 0.25) is 6.79 Å². The monoisotopic (exact) mass is 607 g/mol. The number of phenolic OH excluding ortho intramolecular Hbond substituents is 1. The molecule has 11 nitrogen and oxygen atoms in total. The third kappa shape index (κ3) is 4.87. The minimum absolute atomic E-state index is 0.0248. The molecule has 0 aromatic heterocycles. The number of carbonyl (C=O) groups is 1. The Balaban J connectivity index is 1.39. The van der Waals surface area contributed by atoms with Crippen LogP contribution in [-0.4, -0.2) is 90.4 Å². The summed E-state index contributed by atoms with van der Waals surface area (Å²) in [6.07, 6.45) is -6.58. The third-order valence-corrected chi connectivity index (χ3v) is 9.38. The van der Waals surface area contributed by atoms with Crippen LogP contribution < -0.4 is 19.5 Å². The van der Waals surface area contributed by atoms with E-state index >= 15 is 8.78 Å². The van der Waals surface area contributed by atoms with E-state index in [1.165, 1.54) is 14.0 Å². The number of halogens is 2. The van der Waals surface area contributed by atoms with Crippen LogP contribution in [0.2, 0.25) is 0 Å². The summed E-state index contributed by atoms with van der Waals surface area (Å²) in [6, 6.07) is 5.90. The maximum absolute atomic E-state index is 15.7. The van der Waals surface area contributed by atoms with E-state index in [-0.39, 0.29) is 19.1 Å². The molecule has 13 heteroatoms. The van der Waals surface area contributed by atoms with Gasteiger partial charge in [-0.25, -0.2) is 8.78 Å². The van der Waals surface area contributed by atoms with E-state index in [0.717, 1.165) is 0 Å². The van der Waals surface area contributed by atoms with Gasteiger partial charge in [0.25, 0.3) is 5.92 Å². The Morgan fingerprint density at radius 2 is 1.77 bits per heavy atom. The van der Waals surface area contributed by atoms with Gasteiger partial charge in [0, 0.05) is 29.4 Å². The summed E-state index contributed by atoms with van der Waals surface area (Å²) in [6.45, 7) is 1.55. The summed E-state index contributed by atoms with van der Waals surface area (Å²) in [5.41, 5.74) is 2.29. The molecule has 1 aliphatic carbocycles. The summed E-state index contributed by atoms with van der Waals surface area (Å²) in [5, 5.41) is 44.1. The first-order valence-electron chi connectivity index (χ1n) is 14.2. The highest BCUT2D eigenvalue weighted by atomic mass is 19.3.